The van der Waals surface area contributed by atoms with Gasteiger partial charge in [0.15, 0.2) is 5.65 Å². The van der Waals surface area contributed by atoms with E-state index in [2.05, 4.69) is 25.6 Å². The number of primary amides is 1. The van der Waals surface area contributed by atoms with Crippen LogP contribution in [0, 0.1) is 11.7 Å². The number of fused-ring (bicyclic) bond motifs is 1. The number of nitrogens with zero attached hydrogens (tertiary/aromatic N) is 4. The topological polar surface area (TPSA) is 120 Å². The number of hydrogen-bond acceptors (Lipinski definition) is 7. The summed E-state index contributed by atoms with van der Waals surface area (Å²) >= 11 is 6.08. The Morgan fingerprint density at radius 2 is 1.82 bits per heavy atom. The number of ether oxygens (including phenoxy) is 1. The zero-order chi connectivity index (χ0) is 27.0. The molecule has 204 valence electrons. The van der Waals surface area contributed by atoms with Crippen molar-refractivity contribution in [2.24, 2.45) is 11.7 Å². The molecule has 1 aliphatic heterocycles. The van der Waals surface area contributed by atoms with Crippen molar-refractivity contribution in [2.75, 3.05) is 23.8 Å². The molecule has 14 heteroatoms. The number of amides is 1. The predicted octanol–water partition coefficient (Wildman–Crippen LogP) is 5.19. The molecule has 1 amide bonds. The first-order valence-corrected chi connectivity index (χ1v) is 12.7. The van der Waals surface area contributed by atoms with Gasteiger partial charge < -0.3 is 21.1 Å². The van der Waals surface area contributed by atoms with Crippen LogP contribution in [-0.2, 0) is 15.7 Å². The van der Waals surface area contributed by atoms with Gasteiger partial charge in [0, 0.05) is 31.2 Å². The number of alkyl halides is 3. The minimum atomic E-state index is -4.75. The Hall–Kier alpha value is -3.19. The highest BCUT2D eigenvalue weighted by Gasteiger charge is 2.33. The zero-order valence-corrected chi connectivity index (χ0v) is 20.9. The average Bonchev–Trinajstić information content (AvgIpc) is 3.23. The lowest BCUT2D eigenvalue weighted by Gasteiger charge is -2.29. The summed E-state index contributed by atoms with van der Waals surface area (Å²) in [5, 5.41) is 5.66. The van der Waals surface area contributed by atoms with E-state index in [1.54, 1.807) is 4.57 Å². The van der Waals surface area contributed by atoms with Crippen molar-refractivity contribution in [3.63, 3.8) is 0 Å². The second-order valence-electron chi connectivity index (χ2n) is 9.58. The number of carbonyl (C=O) groups is 1. The Bertz CT molecular complexity index is 1310. The number of imidazole rings is 1. The van der Waals surface area contributed by atoms with Crippen LogP contribution in [0.25, 0.3) is 11.2 Å². The Morgan fingerprint density at radius 3 is 2.45 bits per heavy atom. The van der Waals surface area contributed by atoms with Crippen LogP contribution in [0.4, 0.5) is 35.1 Å². The standard InChI is InChI=1S/C24H26ClF4N7O2/c25-16-9-13(24(27,28)29)10-17(26)19(16)34-23-33-18-11-31-22(32-14-5-7-38-8-6-14)35-21(18)36(23)15-3-1-12(2-4-15)20(30)37/h9-12,14-15H,1-8H2,(H2,30,37)(H,33,34)(H,31,32,35). The molecule has 0 radical (unpaired) electrons. The summed E-state index contributed by atoms with van der Waals surface area (Å²) in [5.74, 6) is -1.24. The fourth-order valence-corrected chi connectivity index (χ4v) is 5.26. The zero-order valence-electron chi connectivity index (χ0n) is 20.2. The van der Waals surface area contributed by atoms with Crippen molar-refractivity contribution in [2.45, 2.75) is 56.8 Å². The van der Waals surface area contributed by atoms with Crippen LogP contribution in [0.1, 0.15) is 50.1 Å². The third-order valence-electron chi connectivity index (χ3n) is 7.06. The molecule has 2 aliphatic rings. The summed E-state index contributed by atoms with van der Waals surface area (Å²) in [4.78, 5) is 25.3. The van der Waals surface area contributed by atoms with Crippen molar-refractivity contribution < 1.29 is 27.1 Å². The maximum atomic E-state index is 14.8. The van der Waals surface area contributed by atoms with E-state index in [-0.39, 0.29) is 35.5 Å². The van der Waals surface area contributed by atoms with E-state index in [1.807, 2.05) is 0 Å². The molecule has 2 fully saturated rings. The maximum Gasteiger partial charge on any atom is 0.416 e. The first kappa shape index (κ1) is 26.4. The Morgan fingerprint density at radius 1 is 1.11 bits per heavy atom. The quantitative estimate of drug-likeness (QED) is 0.358. The highest BCUT2D eigenvalue weighted by atomic mass is 35.5. The summed E-state index contributed by atoms with van der Waals surface area (Å²) in [5.41, 5.74) is 4.83. The van der Waals surface area contributed by atoms with Crippen LogP contribution >= 0.6 is 11.6 Å². The van der Waals surface area contributed by atoms with E-state index in [1.165, 1.54) is 6.20 Å². The molecule has 3 heterocycles. The second-order valence-corrected chi connectivity index (χ2v) is 9.99. The molecule has 2 aromatic heterocycles. The number of halogens is 5. The number of nitrogens with two attached hydrogens (primary N) is 1. The fourth-order valence-electron chi connectivity index (χ4n) is 5.01. The molecule has 9 nitrogen and oxygen atoms in total. The molecular weight excluding hydrogens is 530 g/mol. The van der Waals surface area contributed by atoms with E-state index >= 15 is 0 Å². The molecule has 3 aromatic rings. The summed E-state index contributed by atoms with van der Waals surface area (Å²) in [6.45, 7) is 1.27. The lowest BCUT2D eigenvalue weighted by Crippen LogP contribution is -2.29. The van der Waals surface area contributed by atoms with Gasteiger partial charge in [-0.2, -0.15) is 18.2 Å². The highest BCUT2D eigenvalue weighted by Crippen LogP contribution is 2.40. The summed E-state index contributed by atoms with van der Waals surface area (Å²) in [6.07, 6.45) is 0.629. The Labute approximate surface area is 220 Å². The van der Waals surface area contributed by atoms with Gasteiger partial charge in [-0.3, -0.25) is 9.36 Å². The van der Waals surface area contributed by atoms with Gasteiger partial charge in [-0.1, -0.05) is 11.6 Å². The molecule has 1 saturated heterocycles. The van der Waals surface area contributed by atoms with Crippen LogP contribution in [0.3, 0.4) is 0 Å². The predicted molar refractivity (Wildman–Crippen MR) is 133 cm³/mol. The number of carbonyl (C=O) groups excluding carboxylic acids is 1. The molecule has 0 spiro atoms. The van der Waals surface area contributed by atoms with Crippen molar-refractivity contribution in [1.82, 2.24) is 19.5 Å². The number of aromatic nitrogens is 4. The third kappa shape index (κ3) is 5.48. The molecule has 38 heavy (non-hydrogen) atoms. The van der Waals surface area contributed by atoms with Gasteiger partial charge in [0.2, 0.25) is 17.8 Å². The van der Waals surface area contributed by atoms with Crippen LogP contribution in [0.15, 0.2) is 18.3 Å². The van der Waals surface area contributed by atoms with E-state index in [0.29, 0.717) is 68.1 Å². The molecule has 4 N–H and O–H groups in total. The molecule has 1 aromatic carbocycles. The lowest BCUT2D eigenvalue weighted by molar-refractivity contribution is -0.137. The molecule has 0 atom stereocenters. The van der Waals surface area contributed by atoms with Gasteiger partial charge in [-0.05, 0) is 50.7 Å². The maximum absolute atomic E-state index is 14.8. The minimum absolute atomic E-state index is 0.140. The van der Waals surface area contributed by atoms with Gasteiger partial charge in [-0.25, -0.2) is 14.4 Å². The van der Waals surface area contributed by atoms with E-state index in [9.17, 15) is 22.4 Å². The van der Waals surface area contributed by atoms with Gasteiger partial charge >= 0.3 is 6.18 Å². The number of rotatable bonds is 6. The van der Waals surface area contributed by atoms with Crippen LogP contribution in [-0.4, -0.2) is 44.7 Å². The van der Waals surface area contributed by atoms with Crippen molar-refractivity contribution in [1.29, 1.82) is 0 Å². The Balaban J connectivity index is 1.52. The second kappa shape index (κ2) is 10.5. The molecule has 5 rings (SSSR count). The van der Waals surface area contributed by atoms with Crippen LogP contribution < -0.4 is 16.4 Å². The molecular formula is C24H26ClF4N7O2. The monoisotopic (exact) mass is 555 g/mol. The van der Waals surface area contributed by atoms with Gasteiger partial charge in [0.05, 0.1) is 22.5 Å². The largest absolute Gasteiger partial charge is 0.416 e. The molecule has 0 unspecified atom stereocenters. The van der Waals surface area contributed by atoms with E-state index in [4.69, 9.17) is 22.1 Å². The number of benzene rings is 1. The average molecular weight is 556 g/mol. The molecule has 1 saturated carbocycles. The van der Waals surface area contributed by atoms with Crippen molar-refractivity contribution in [3.05, 3.63) is 34.7 Å². The minimum Gasteiger partial charge on any atom is -0.381 e. The molecule has 0 bridgehead atoms. The summed E-state index contributed by atoms with van der Waals surface area (Å²) in [7, 11) is 0. The summed E-state index contributed by atoms with van der Waals surface area (Å²) in [6, 6.07) is 1.00. The SMILES string of the molecule is NC(=O)C1CCC(n2c(Nc3c(F)cc(C(F)(F)F)cc3Cl)nc3cnc(NC4CCOCC4)nc32)CC1. The first-order valence-electron chi connectivity index (χ1n) is 12.3. The van der Waals surface area contributed by atoms with Crippen LogP contribution in [0.2, 0.25) is 5.02 Å². The smallest absolute Gasteiger partial charge is 0.381 e. The summed E-state index contributed by atoms with van der Waals surface area (Å²) < 4.78 is 61.4. The lowest BCUT2D eigenvalue weighted by atomic mass is 9.85. The fraction of sp³-hybridized carbons (Fsp3) is 0.500. The van der Waals surface area contributed by atoms with Crippen molar-refractivity contribution in [3.8, 4) is 0 Å². The van der Waals surface area contributed by atoms with Gasteiger partial charge in [0.25, 0.3) is 0 Å². The van der Waals surface area contributed by atoms with E-state index < -0.39 is 22.6 Å². The number of anilines is 3. The third-order valence-corrected chi connectivity index (χ3v) is 7.36. The van der Waals surface area contributed by atoms with E-state index in [0.717, 1.165) is 12.8 Å². The van der Waals surface area contributed by atoms with Crippen LogP contribution in [0.5, 0.6) is 0 Å². The van der Waals surface area contributed by atoms with Crippen molar-refractivity contribution >= 4 is 46.3 Å². The van der Waals surface area contributed by atoms with Gasteiger partial charge in [0.1, 0.15) is 11.3 Å². The normalized spacial score (nSPS) is 21.0. The number of hydrogen-bond donors (Lipinski definition) is 3. The Kier molecular flexibility index (Phi) is 7.32. The van der Waals surface area contributed by atoms with Gasteiger partial charge in [-0.15, -0.1) is 0 Å². The number of nitrogens with one attached hydrogen (secondary N) is 2. The first-order chi connectivity index (χ1) is 18.1. The molecule has 1 aliphatic carbocycles. The highest BCUT2D eigenvalue weighted by molar-refractivity contribution is 6.33.